The van der Waals surface area contributed by atoms with Gasteiger partial charge >= 0.3 is 0 Å². The Balaban J connectivity index is 2.01. The van der Waals surface area contributed by atoms with Gasteiger partial charge in [0.2, 0.25) is 0 Å². The van der Waals surface area contributed by atoms with Crippen molar-refractivity contribution in [1.82, 2.24) is 4.90 Å². The predicted octanol–water partition coefficient (Wildman–Crippen LogP) is 4.18. The number of rotatable bonds is 2. The van der Waals surface area contributed by atoms with Crippen molar-refractivity contribution in [3.05, 3.63) is 28.2 Å². The van der Waals surface area contributed by atoms with E-state index in [0.29, 0.717) is 15.3 Å². The van der Waals surface area contributed by atoms with Gasteiger partial charge in [-0.3, -0.25) is 0 Å². The average Bonchev–Trinajstić information content (AvgIpc) is 2.28. The highest BCUT2D eigenvalue weighted by Gasteiger charge is 2.18. The Labute approximate surface area is 111 Å². The molecule has 0 spiro atoms. The Morgan fingerprint density at radius 3 is 2.62 bits per heavy atom. The first-order valence-electron chi connectivity index (χ1n) is 5.46. The van der Waals surface area contributed by atoms with Crippen molar-refractivity contribution < 1.29 is 0 Å². The molecule has 0 N–H and O–H groups in total. The first-order chi connectivity index (χ1) is 7.66. The highest BCUT2D eigenvalue weighted by Crippen LogP contribution is 2.37. The topological polar surface area (TPSA) is 3.24 Å². The minimum Gasteiger partial charge on any atom is -0.306 e. The number of thioether (sulfide) groups is 1. The van der Waals surface area contributed by atoms with Crippen LogP contribution in [0.4, 0.5) is 0 Å². The summed E-state index contributed by atoms with van der Waals surface area (Å²) in [5.74, 6) is 0. The molecular formula is C12H15Cl2NS. The zero-order valence-electron chi connectivity index (χ0n) is 9.25. The van der Waals surface area contributed by atoms with Crippen LogP contribution in [-0.4, -0.2) is 30.3 Å². The van der Waals surface area contributed by atoms with Gasteiger partial charge in [0.1, 0.15) is 0 Å². The van der Waals surface area contributed by atoms with Crippen LogP contribution in [0.2, 0.25) is 10.0 Å². The van der Waals surface area contributed by atoms with Crippen LogP contribution in [0.1, 0.15) is 12.8 Å². The summed E-state index contributed by atoms with van der Waals surface area (Å²) in [5.41, 5.74) is 0. The van der Waals surface area contributed by atoms with Crippen LogP contribution < -0.4 is 0 Å². The van der Waals surface area contributed by atoms with E-state index in [9.17, 15) is 0 Å². The second-order valence-corrected chi connectivity index (χ2v) is 6.30. The lowest BCUT2D eigenvalue weighted by Crippen LogP contribution is -2.31. The molecule has 0 radical (unpaired) electrons. The van der Waals surface area contributed by atoms with Crippen molar-refractivity contribution in [2.24, 2.45) is 0 Å². The highest BCUT2D eigenvalue weighted by molar-refractivity contribution is 8.00. The molecule has 1 aromatic carbocycles. The summed E-state index contributed by atoms with van der Waals surface area (Å²) in [4.78, 5) is 3.49. The van der Waals surface area contributed by atoms with Gasteiger partial charge in [0.25, 0.3) is 0 Å². The van der Waals surface area contributed by atoms with Gasteiger partial charge in [-0.1, -0.05) is 29.3 Å². The van der Waals surface area contributed by atoms with Gasteiger partial charge in [0.15, 0.2) is 0 Å². The first kappa shape index (κ1) is 12.6. The molecule has 0 unspecified atom stereocenters. The molecule has 1 aliphatic heterocycles. The van der Waals surface area contributed by atoms with Crippen LogP contribution in [0, 0.1) is 0 Å². The van der Waals surface area contributed by atoms with E-state index in [1.165, 1.54) is 25.9 Å². The maximum absolute atomic E-state index is 6.18. The largest absolute Gasteiger partial charge is 0.306 e. The van der Waals surface area contributed by atoms with Crippen LogP contribution >= 0.6 is 35.0 Å². The molecule has 0 bridgehead atoms. The van der Waals surface area contributed by atoms with E-state index < -0.39 is 0 Å². The van der Waals surface area contributed by atoms with Crippen molar-refractivity contribution in [1.29, 1.82) is 0 Å². The minimum absolute atomic E-state index is 0.652. The van der Waals surface area contributed by atoms with Gasteiger partial charge in [-0.2, -0.15) is 0 Å². The van der Waals surface area contributed by atoms with E-state index in [1.807, 2.05) is 23.9 Å². The Bertz CT molecular complexity index is 362. The van der Waals surface area contributed by atoms with E-state index in [-0.39, 0.29) is 0 Å². The van der Waals surface area contributed by atoms with E-state index in [0.717, 1.165) is 4.90 Å². The van der Waals surface area contributed by atoms with Crippen molar-refractivity contribution in [3.8, 4) is 0 Å². The fourth-order valence-electron chi connectivity index (χ4n) is 1.86. The van der Waals surface area contributed by atoms with E-state index in [4.69, 9.17) is 23.2 Å². The van der Waals surface area contributed by atoms with Crippen LogP contribution in [0.5, 0.6) is 0 Å². The minimum atomic E-state index is 0.652. The molecule has 1 heterocycles. The van der Waals surface area contributed by atoms with Gasteiger partial charge in [-0.05, 0) is 45.1 Å². The SMILES string of the molecule is CN1CCC(Sc2cccc(Cl)c2Cl)CC1. The second kappa shape index (κ2) is 5.63. The van der Waals surface area contributed by atoms with E-state index >= 15 is 0 Å². The number of nitrogens with zero attached hydrogens (tertiary/aromatic N) is 1. The fourth-order valence-corrected chi connectivity index (χ4v) is 3.52. The summed E-state index contributed by atoms with van der Waals surface area (Å²) in [7, 11) is 2.17. The number of hydrogen-bond donors (Lipinski definition) is 0. The standard InChI is InChI=1S/C12H15Cl2NS/c1-15-7-5-9(6-8-15)16-11-4-2-3-10(13)12(11)14/h2-4,9H,5-8H2,1H3. The third-order valence-corrected chi connectivity index (χ3v) is 5.21. The summed E-state index contributed by atoms with van der Waals surface area (Å²) in [6.07, 6.45) is 2.45. The Morgan fingerprint density at radius 2 is 1.94 bits per heavy atom. The normalized spacial score (nSPS) is 18.9. The molecular weight excluding hydrogens is 261 g/mol. The number of benzene rings is 1. The molecule has 0 atom stereocenters. The van der Waals surface area contributed by atoms with Gasteiger partial charge in [0, 0.05) is 10.1 Å². The predicted molar refractivity (Wildman–Crippen MR) is 72.8 cm³/mol. The lowest BCUT2D eigenvalue weighted by atomic mass is 10.1. The summed E-state index contributed by atoms with van der Waals surface area (Å²) < 4.78 is 0. The van der Waals surface area contributed by atoms with Crippen molar-refractivity contribution in [2.75, 3.05) is 20.1 Å². The molecule has 1 nitrogen and oxygen atoms in total. The maximum atomic E-state index is 6.18. The Morgan fingerprint density at radius 1 is 1.25 bits per heavy atom. The van der Waals surface area contributed by atoms with Gasteiger partial charge in [-0.15, -0.1) is 11.8 Å². The number of hydrogen-bond acceptors (Lipinski definition) is 2. The quantitative estimate of drug-likeness (QED) is 0.797. The lowest BCUT2D eigenvalue weighted by molar-refractivity contribution is 0.282. The second-order valence-electron chi connectivity index (χ2n) is 4.17. The van der Waals surface area contributed by atoms with Crippen LogP contribution in [0.15, 0.2) is 23.1 Å². The summed E-state index contributed by atoms with van der Waals surface area (Å²) in [5, 5.41) is 2.03. The first-order valence-corrected chi connectivity index (χ1v) is 7.09. The smallest absolute Gasteiger partial charge is 0.0728 e. The Hall–Kier alpha value is 0.110. The highest BCUT2D eigenvalue weighted by atomic mass is 35.5. The third-order valence-electron chi connectivity index (χ3n) is 2.88. The maximum Gasteiger partial charge on any atom is 0.0728 e. The van der Waals surface area contributed by atoms with Crippen molar-refractivity contribution in [3.63, 3.8) is 0 Å². The Kier molecular flexibility index (Phi) is 4.42. The van der Waals surface area contributed by atoms with Gasteiger partial charge in [0.05, 0.1) is 10.0 Å². The molecule has 4 heteroatoms. The number of piperidine rings is 1. The number of halogens is 2. The summed E-state index contributed by atoms with van der Waals surface area (Å²) in [6, 6.07) is 5.85. The van der Waals surface area contributed by atoms with Gasteiger partial charge < -0.3 is 4.90 Å². The van der Waals surface area contributed by atoms with E-state index in [2.05, 4.69) is 18.0 Å². The molecule has 0 aliphatic carbocycles. The molecule has 1 saturated heterocycles. The number of likely N-dealkylation sites (tertiary alicyclic amines) is 1. The molecule has 0 aromatic heterocycles. The molecule has 1 aromatic rings. The van der Waals surface area contributed by atoms with E-state index in [1.54, 1.807) is 0 Å². The van der Waals surface area contributed by atoms with Crippen LogP contribution in [0.25, 0.3) is 0 Å². The average molecular weight is 276 g/mol. The molecule has 1 fully saturated rings. The molecule has 0 amide bonds. The van der Waals surface area contributed by atoms with Gasteiger partial charge in [-0.25, -0.2) is 0 Å². The summed E-state index contributed by atoms with van der Waals surface area (Å²) in [6.45, 7) is 2.35. The third kappa shape index (κ3) is 3.07. The summed E-state index contributed by atoms with van der Waals surface area (Å²) >= 11 is 14.0. The molecule has 0 saturated carbocycles. The van der Waals surface area contributed by atoms with Crippen LogP contribution in [0.3, 0.4) is 0 Å². The molecule has 2 rings (SSSR count). The molecule has 88 valence electrons. The fraction of sp³-hybridized carbons (Fsp3) is 0.500. The zero-order valence-corrected chi connectivity index (χ0v) is 11.6. The zero-order chi connectivity index (χ0) is 11.5. The lowest BCUT2D eigenvalue weighted by Gasteiger charge is -2.28. The monoisotopic (exact) mass is 275 g/mol. The van der Waals surface area contributed by atoms with Crippen molar-refractivity contribution in [2.45, 2.75) is 23.0 Å². The van der Waals surface area contributed by atoms with Crippen molar-refractivity contribution >= 4 is 35.0 Å². The molecule has 16 heavy (non-hydrogen) atoms. The van der Waals surface area contributed by atoms with Crippen LogP contribution in [-0.2, 0) is 0 Å². The molecule has 1 aliphatic rings.